The first kappa shape index (κ1) is 21.7. The van der Waals surface area contributed by atoms with Gasteiger partial charge in [-0.1, -0.05) is 36.7 Å². The van der Waals surface area contributed by atoms with Crippen LogP contribution in [0.4, 0.5) is 5.69 Å². The standard InChI is InChI=1S/C26H27N7O2/c1-26(10-3-11-26)25(35)32-12-8-17(9-13-32)33-15-16(14-28-33)23(30-31-27)19-6-7-21-22-18(19)4-2-5-20(22)24(34)29-21/h2,4-7,14-15,17,23H,3,8-13H2,1H3,(H,29,34). The van der Waals surface area contributed by atoms with Crippen molar-refractivity contribution < 1.29 is 9.59 Å². The highest BCUT2D eigenvalue weighted by atomic mass is 16.2. The topological polar surface area (TPSA) is 116 Å². The summed E-state index contributed by atoms with van der Waals surface area (Å²) in [7, 11) is 0. The predicted octanol–water partition coefficient (Wildman–Crippen LogP) is 5.36. The molecule has 1 atom stereocenters. The Morgan fingerprint density at radius 2 is 2.06 bits per heavy atom. The number of carbonyl (C=O) groups is 2. The molecule has 2 aliphatic heterocycles. The van der Waals surface area contributed by atoms with E-state index in [-0.39, 0.29) is 17.4 Å². The van der Waals surface area contributed by atoms with Crippen LogP contribution in [0, 0.1) is 5.41 Å². The molecule has 1 saturated heterocycles. The van der Waals surface area contributed by atoms with Crippen molar-refractivity contribution in [3.05, 3.63) is 69.9 Å². The molecule has 178 valence electrons. The van der Waals surface area contributed by atoms with Gasteiger partial charge in [0.25, 0.3) is 5.91 Å². The fourth-order valence-electron chi connectivity index (χ4n) is 5.84. The maximum absolute atomic E-state index is 12.9. The van der Waals surface area contributed by atoms with Crippen LogP contribution >= 0.6 is 0 Å². The third kappa shape index (κ3) is 3.46. The molecule has 1 N–H and O–H groups in total. The molecular weight excluding hydrogens is 442 g/mol. The molecule has 3 aliphatic rings. The Morgan fingerprint density at radius 1 is 1.26 bits per heavy atom. The molecule has 6 rings (SSSR count). The van der Waals surface area contributed by atoms with Crippen molar-refractivity contribution in [3.63, 3.8) is 0 Å². The van der Waals surface area contributed by atoms with Crippen molar-refractivity contribution in [2.45, 2.75) is 51.1 Å². The van der Waals surface area contributed by atoms with Crippen molar-refractivity contribution in [1.29, 1.82) is 0 Å². The number of benzene rings is 2. The number of likely N-dealkylation sites (tertiary alicyclic amines) is 1. The third-order valence-corrected chi connectivity index (χ3v) is 8.07. The largest absolute Gasteiger partial charge is 0.342 e. The van der Waals surface area contributed by atoms with E-state index in [1.165, 1.54) is 0 Å². The van der Waals surface area contributed by atoms with Crippen LogP contribution in [0.1, 0.15) is 72.6 Å². The minimum Gasteiger partial charge on any atom is -0.342 e. The van der Waals surface area contributed by atoms with Crippen molar-refractivity contribution in [3.8, 4) is 0 Å². The van der Waals surface area contributed by atoms with E-state index in [2.05, 4.69) is 27.4 Å². The smallest absolute Gasteiger partial charge is 0.256 e. The van der Waals surface area contributed by atoms with E-state index < -0.39 is 6.04 Å². The molecule has 3 heterocycles. The summed E-state index contributed by atoms with van der Waals surface area (Å²) in [5.41, 5.74) is 12.2. The van der Waals surface area contributed by atoms with Gasteiger partial charge in [-0.25, -0.2) is 0 Å². The average molecular weight is 470 g/mol. The van der Waals surface area contributed by atoms with Crippen LogP contribution in [-0.2, 0) is 4.79 Å². The Kier molecular flexibility index (Phi) is 5.04. The lowest BCUT2D eigenvalue weighted by Crippen LogP contribution is -2.49. The first-order chi connectivity index (χ1) is 17.0. The lowest BCUT2D eigenvalue weighted by atomic mass is 9.69. The molecule has 9 nitrogen and oxygen atoms in total. The van der Waals surface area contributed by atoms with Crippen LogP contribution in [0.5, 0.6) is 0 Å². The van der Waals surface area contributed by atoms with Crippen molar-refractivity contribution in [2.75, 3.05) is 18.4 Å². The van der Waals surface area contributed by atoms with Crippen LogP contribution in [0.2, 0.25) is 0 Å². The van der Waals surface area contributed by atoms with Crippen molar-refractivity contribution >= 4 is 28.3 Å². The SMILES string of the molecule is CC1(C(=O)N2CCC(n3cc(C(N=[N+]=[N-])c4ccc5c6c(cccc46)C(=O)N5)cn3)CC2)CCC1. The Morgan fingerprint density at radius 3 is 2.77 bits per heavy atom. The number of aromatic nitrogens is 2. The number of anilines is 1. The molecule has 3 aromatic rings. The molecule has 2 fully saturated rings. The van der Waals surface area contributed by atoms with Gasteiger partial charge < -0.3 is 10.2 Å². The second-order valence-corrected chi connectivity index (χ2v) is 10.2. The molecule has 9 heteroatoms. The second-order valence-electron chi connectivity index (χ2n) is 10.2. The van der Waals surface area contributed by atoms with Crippen LogP contribution in [0.3, 0.4) is 0 Å². The van der Waals surface area contributed by atoms with Crippen LogP contribution in [0.25, 0.3) is 21.2 Å². The predicted molar refractivity (Wildman–Crippen MR) is 132 cm³/mol. The summed E-state index contributed by atoms with van der Waals surface area (Å²) < 4.78 is 1.95. The fourth-order valence-corrected chi connectivity index (χ4v) is 5.84. The number of piperidine rings is 1. The molecule has 2 aromatic carbocycles. The minimum absolute atomic E-state index is 0.118. The Hall–Kier alpha value is -3.84. The van der Waals surface area contributed by atoms with Gasteiger partial charge in [-0.2, -0.15) is 5.10 Å². The molecule has 2 amide bonds. The van der Waals surface area contributed by atoms with E-state index in [0.717, 1.165) is 72.8 Å². The van der Waals surface area contributed by atoms with E-state index >= 15 is 0 Å². The van der Waals surface area contributed by atoms with Gasteiger partial charge in [0.2, 0.25) is 5.91 Å². The van der Waals surface area contributed by atoms with E-state index in [0.29, 0.717) is 11.5 Å². The summed E-state index contributed by atoms with van der Waals surface area (Å²) in [6.45, 7) is 3.57. The molecule has 35 heavy (non-hydrogen) atoms. The Bertz CT molecular complexity index is 1390. The second kappa shape index (κ2) is 8.13. The van der Waals surface area contributed by atoms with Gasteiger partial charge in [-0.15, -0.1) is 0 Å². The third-order valence-electron chi connectivity index (χ3n) is 8.07. The molecule has 0 radical (unpaired) electrons. The zero-order valence-corrected chi connectivity index (χ0v) is 19.6. The molecule has 1 aromatic heterocycles. The number of carbonyl (C=O) groups excluding carboxylic acids is 2. The summed E-state index contributed by atoms with van der Waals surface area (Å²) in [5.74, 6) is 0.179. The highest BCUT2D eigenvalue weighted by molar-refractivity contribution is 6.24. The molecule has 1 saturated carbocycles. The molecule has 1 unspecified atom stereocenters. The zero-order valence-electron chi connectivity index (χ0n) is 19.6. The van der Waals surface area contributed by atoms with Gasteiger partial charge in [0.1, 0.15) is 0 Å². The van der Waals surface area contributed by atoms with Gasteiger partial charge in [0.05, 0.1) is 18.3 Å². The summed E-state index contributed by atoms with van der Waals surface area (Å²) in [6.07, 6.45) is 8.56. The van der Waals surface area contributed by atoms with Gasteiger partial charge in [-0.05, 0) is 54.3 Å². The normalized spacial score (nSPS) is 19.7. The van der Waals surface area contributed by atoms with E-state index in [4.69, 9.17) is 0 Å². The number of hydrogen-bond donors (Lipinski definition) is 1. The number of nitrogens with zero attached hydrogens (tertiary/aromatic N) is 6. The number of hydrogen-bond acceptors (Lipinski definition) is 4. The maximum atomic E-state index is 12.9. The lowest BCUT2D eigenvalue weighted by molar-refractivity contribution is -0.147. The van der Waals surface area contributed by atoms with Crippen molar-refractivity contribution in [1.82, 2.24) is 14.7 Å². The summed E-state index contributed by atoms with van der Waals surface area (Å²) in [5, 5.41) is 13.4. The Balaban J connectivity index is 1.25. The van der Waals surface area contributed by atoms with Crippen LogP contribution in [-0.4, -0.2) is 39.6 Å². The number of nitrogens with one attached hydrogen (secondary N) is 1. The number of amides is 2. The summed E-state index contributed by atoms with van der Waals surface area (Å²) >= 11 is 0. The maximum Gasteiger partial charge on any atom is 0.256 e. The molecule has 1 aliphatic carbocycles. The molecule has 0 bridgehead atoms. The first-order valence-corrected chi connectivity index (χ1v) is 12.2. The van der Waals surface area contributed by atoms with Gasteiger partial charge in [0.15, 0.2) is 0 Å². The number of azide groups is 1. The lowest BCUT2D eigenvalue weighted by Gasteiger charge is -2.43. The average Bonchev–Trinajstić information content (AvgIpc) is 3.47. The highest BCUT2D eigenvalue weighted by Gasteiger charge is 2.42. The highest BCUT2D eigenvalue weighted by Crippen LogP contribution is 2.43. The van der Waals surface area contributed by atoms with Crippen LogP contribution in [0.15, 0.2) is 47.8 Å². The van der Waals surface area contributed by atoms with Crippen molar-refractivity contribution in [2.24, 2.45) is 10.5 Å². The van der Waals surface area contributed by atoms with Crippen LogP contribution < -0.4 is 5.32 Å². The quantitative estimate of drug-likeness (QED) is 0.308. The number of rotatable bonds is 5. The Labute approximate surface area is 202 Å². The van der Waals surface area contributed by atoms with E-state index in [9.17, 15) is 15.1 Å². The molecule has 0 spiro atoms. The van der Waals surface area contributed by atoms with E-state index in [1.807, 2.05) is 40.0 Å². The fraction of sp³-hybridized carbons (Fsp3) is 0.423. The van der Waals surface area contributed by atoms with Gasteiger partial charge >= 0.3 is 0 Å². The van der Waals surface area contributed by atoms with Gasteiger partial charge in [-0.3, -0.25) is 14.3 Å². The van der Waals surface area contributed by atoms with Gasteiger partial charge in [0, 0.05) is 51.8 Å². The van der Waals surface area contributed by atoms with E-state index in [1.54, 1.807) is 12.3 Å². The zero-order chi connectivity index (χ0) is 24.2. The first-order valence-electron chi connectivity index (χ1n) is 12.2. The monoisotopic (exact) mass is 469 g/mol. The summed E-state index contributed by atoms with van der Waals surface area (Å²) in [4.78, 5) is 30.3. The molecular formula is C26H27N7O2. The minimum atomic E-state index is -0.561. The summed E-state index contributed by atoms with van der Waals surface area (Å²) in [6, 6.07) is 9.03.